The van der Waals surface area contributed by atoms with Crippen LogP contribution in [0.3, 0.4) is 0 Å². The van der Waals surface area contributed by atoms with Crippen molar-refractivity contribution < 1.29 is 4.79 Å². The van der Waals surface area contributed by atoms with E-state index in [2.05, 4.69) is 34.2 Å². The lowest BCUT2D eigenvalue weighted by molar-refractivity contribution is -0.117. The van der Waals surface area contributed by atoms with Gasteiger partial charge in [-0.2, -0.15) is 5.26 Å². The summed E-state index contributed by atoms with van der Waals surface area (Å²) in [6.45, 7) is 7.08. The van der Waals surface area contributed by atoms with Crippen molar-refractivity contribution in [2.24, 2.45) is 0 Å². The molecule has 0 radical (unpaired) electrons. The fourth-order valence-corrected chi connectivity index (χ4v) is 3.39. The number of nitriles is 1. The van der Waals surface area contributed by atoms with Crippen LogP contribution in [-0.2, 0) is 17.8 Å². The van der Waals surface area contributed by atoms with Crippen molar-refractivity contribution in [1.29, 1.82) is 5.26 Å². The van der Waals surface area contributed by atoms with Crippen LogP contribution in [0.5, 0.6) is 0 Å². The zero-order valence-corrected chi connectivity index (χ0v) is 15.8. The van der Waals surface area contributed by atoms with Gasteiger partial charge in [0, 0.05) is 38.4 Å². The molecule has 1 aliphatic rings. The first-order valence-corrected chi connectivity index (χ1v) is 9.49. The van der Waals surface area contributed by atoms with Crippen LogP contribution in [0.2, 0.25) is 0 Å². The highest BCUT2D eigenvalue weighted by molar-refractivity contribution is 5.93. The SMILES string of the molecule is CCc1ccccc1NC(=O)CN1CCN(Cc2ccc(C#N)cc2)CC1. The van der Waals surface area contributed by atoms with E-state index >= 15 is 0 Å². The number of amides is 1. The number of hydrogen-bond donors (Lipinski definition) is 1. The Morgan fingerprint density at radius 2 is 1.70 bits per heavy atom. The van der Waals surface area contributed by atoms with Crippen LogP contribution in [0.15, 0.2) is 48.5 Å². The maximum Gasteiger partial charge on any atom is 0.238 e. The molecule has 140 valence electrons. The molecule has 1 heterocycles. The Morgan fingerprint density at radius 1 is 1.04 bits per heavy atom. The van der Waals surface area contributed by atoms with Crippen molar-refractivity contribution in [2.45, 2.75) is 19.9 Å². The van der Waals surface area contributed by atoms with E-state index in [9.17, 15) is 4.79 Å². The highest BCUT2D eigenvalue weighted by atomic mass is 16.2. The molecular formula is C22H26N4O. The highest BCUT2D eigenvalue weighted by Gasteiger charge is 2.19. The topological polar surface area (TPSA) is 59.4 Å². The van der Waals surface area contributed by atoms with Gasteiger partial charge in [-0.25, -0.2) is 0 Å². The molecule has 1 N–H and O–H groups in total. The first-order valence-electron chi connectivity index (χ1n) is 9.49. The summed E-state index contributed by atoms with van der Waals surface area (Å²) in [5, 5.41) is 11.9. The molecular weight excluding hydrogens is 336 g/mol. The fraction of sp³-hybridized carbons (Fsp3) is 0.364. The Bertz CT molecular complexity index is 802. The molecule has 0 saturated carbocycles. The number of carbonyl (C=O) groups is 1. The molecule has 5 nitrogen and oxygen atoms in total. The predicted octanol–water partition coefficient (Wildman–Crippen LogP) is 2.88. The van der Waals surface area contributed by atoms with Gasteiger partial charge in [0.2, 0.25) is 5.91 Å². The van der Waals surface area contributed by atoms with Gasteiger partial charge in [0.15, 0.2) is 0 Å². The fourth-order valence-electron chi connectivity index (χ4n) is 3.39. The molecule has 1 fully saturated rings. The molecule has 27 heavy (non-hydrogen) atoms. The monoisotopic (exact) mass is 362 g/mol. The van der Waals surface area contributed by atoms with Gasteiger partial charge in [-0.3, -0.25) is 14.6 Å². The largest absolute Gasteiger partial charge is 0.325 e. The van der Waals surface area contributed by atoms with Crippen LogP contribution in [0.1, 0.15) is 23.6 Å². The first kappa shape index (κ1) is 19.1. The summed E-state index contributed by atoms with van der Waals surface area (Å²) in [4.78, 5) is 17.0. The summed E-state index contributed by atoms with van der Waals surface area (Å²) < 4.78 is 0. The van der Waals surface area contributed by atoms with E-state index in [-0.39, 0.29) is 5.91 Å². The molecule has 0 unspecified atom stereocenters. The molecule has 0 spiro atoms. The molecule has 1 amide bonds. The summed E-state index contributed by atoms with van der Waals surface area (Å²) in [5.41, 5.74) is 4.00. The molecule has 1 aliphatic heterocycles. The lowest BCUT2D eigenvalue weighted by Gasteiger charge is -2.34. The van der Waals surface area contributed by atoms with Crippen LogP contribution in [0, 0.1) is 11.3 Å². The third-order valence-electron chi connectivity index (χ3n) is 4.99. The van der Waals surface area contributed by atoms with Gasteiger partial charge in [0.25, 0.3) is 0 Å². The average Bonchev–Trinajstić information content (AvgIpc) is 2.70. The zero-order valence-electron chi connectivity index (χ0n) is 15.8. The molecule has 3 rings (SSSR count). The van der Waals surface area contributed by atoms with E-state index in [1.54, 1.807) is 0 Å². The number of para-hydroxylation sites is 1. The number of anilines is 1. The number of aryl methyl sites for hydroxylation is 1. The Kier molecular flexibility index (Phi) is 6.59. The predicted molar refractivity (Wildman–Crippen MR) is 107 cm³/mol. The molecule has 0 aromatic heterocycles. The molecule has 5 heteroatoms. The van der Waals surface area contributed by atoms with Crippen LogP contribution in [0.4, 0.5) is 5.69 Å². The number of piperazine rings is 1. The van der Waals surface area contributed by atoms with Crippen molar-refractivity contribution >= 4 is 11.6 Å². The normalized spacial score (nSPS) is 15.3. The first-order chi connectivity index (χ1) is 13.2. The molecule has 1 saturated heterocycles. The van der Waals surface area contributed by atoms with Crippen molar-refractivity contribution in [1.82, 2.24) is 9.80 Å². The van der Waals surface area contributed by atoms with Crippen LogP contribution < -0.4 is 5.32 Å². The van der Waals surface area contributed by atoms with E-state index < -0.39 is 0 Å². The molecule has 0 bridgehead atoms. The minimum absolute atomic E-state index is 0.0523. The number of rotatable bonds is 6. The summed E-state index contributed by atoms with van der Waals surface area (Å²) in [5.74, 6) is 0.0523. The summed E-state index contributed by atoms with van der Waals surface area (Å²) in [7, 11) is 0. The minimum Gasteiger partial charge on any atom is -0.325 e. The Balaban J connectivity index is 1.45. The zero-order chi connectivity index (χ0) is 19.1. The third-order valence-corrected chi connectivity index (χ3v) is 4.99. The Morgan fingerprint density at radius 3 is 2.37 bits per heavy atom. The lowest BCUT2D eigenvalue weighted by atomic mass is 10.1. The van der Waals surface area contributed by atoms with Gasteiger partial charge in [0.05, 0.1) is 18.2 Å². The summed E-state index contributed by atoms with van der Waals surface area (Å²) >= 11 is 0. The van der Waals surface area contributed by atoms with Crippen molar-refractivity contribution in [3.05, 3.63) is 65.2 Å². The standard InChI is InChI=1S/C22H26N4O/c1-2-20-5-3-4-6-21(20)24-22(27)17-26-13-11-25(12-14-26)16-19-9-7-18(15-23)8-10-19/h3-10H,2,11-14,16-17H2,1H3,(H,24,27). The van der Waals surface area contributed by atoms with Gasteiger partial charge in [-0.05, 0) is 35.7 Å². The Labute approximate surface area is 161 Å². The van der Waals surface area contributed by atoms with Crippen LogP contribution in [0.25, 0.3) is 0 Å². The van der Waals surface area contributed by atoms with E-state index in [0.29, 0.717) is 12.1 Å². The number of nitrogens with zero attached hydrogens (tertiary/aromatic N) is 3. The third kappa shape index (κ3) is 5.40. The second-order valence-electron chi connectivity index (χ2n) is 6.92. The van der Waals surface area contributed by atoms with Gasteiger partial charge in [0.1, 0.15) is 0 Å². The van der Waals surface area contributed by atoms with Crippen molar-refractivity contribution in [3.63, 3.8) is 0 Å². The second-order valence-corrected chi connectivity index (χ2v) is 6.92. The number of carbonyl (C=O) groups excluding carboxylic acids is 1. The van der Waals surface area contributed by atoms with Crippen LogP contribution >= 0.6 is 0 Å². The average molecular weight is 362 g/mol. The molecule has 2 aromatic rings. The minimum atomic E-state index is 0.0523. The van der Waals surface area contributed by atoms with E-state index in [1.165, 1.54) is 5.56 Å². The highest BCUT2D eigenvalue weighted by Crippen LogP contribution is 2.15. The number of hydrogen-bond acceptors (Lipinski definition) is 4. The van der Waals surface area contributed by atoms with Gasteiger partial charge < -0.3 is 5.32 Å². The summed E-state index contributed by atoms with van der Waals surface area (Å²) in [6, 6.07) is 17.9. The Hall–Kier alpha value is -2.68. The lowest BCUT2D eigenvalue weighted by Crippen LogP contribution is -2.48. The van der Waals surface area contributed by atoms with E-state index in [1.807, 2.05) is 42.5 Å². The number of benzene rings is 2. The van der Waals surface area contributed by atoms with Gasteiger partial charge >= 0.3 is 0 Å². The van der Waals surface area contributed by atoms with Crippen molar-refractivity contribution in [2.75, 3.05) is 38.0 Å². The van der Waals surface area contributed by atoms with E-state index in [4.69, 9.17) is 5.26 Å². The van der Waals surface area contributed by atoms with Crippen molar-refractivity contribution in [3.8, 4) is 6.07 Å². The molecule has 0 atom stereocenters. The maximum absolute atomic E-state index is 12.4. The van der Waals surface area contributed by atoms with E-state index in [0.717, 1.165) is 50.4 Å². The summed E-state index contributed by atoms with van der Waals surface area (Å²) in [6.07, 6.45) is 0.907. The molecule has 0 aliphatic carbocycles. The second kappa shape index (κ2) is 9.31. The van der Waals surface area contributed by atoms with Gasteiger partial charge in [-0.15, -0.1) is 0 Å². The smallest absolute Gasteiger partial charge is 0.238 e. The van der Waals surface area contributed by atoms with Gasteiger partial charge in [-0.1, -0.05) is 37.3 Å². The quantitative estimate of drug-likeness (QED) is 0.858. The maximum atomic E-state index is 12.4. The number of nitrogens with one attached hydrogen (secondary N) is 1. The van der Waals surface area contributed by atoms with Crippen LogP contribution in [-0.4, -0.2) is 48.4 Å². The molecule has 2 aromatic carbocycles.